The highest BCUT2D eigenvalue weighted by molar-refractivity contribution is 7.90. The fourth-order valence-corrected chi connectivity index (χ4v) is 6.15. The Morgan fingerprint density at radius 3 is 1.90 bits per heavy atom. The normalized spacial score (nSPS) is 19.7. The fourth-order valence-electron chi connectivity index (χ4n) is 4.64. The highest BCUT2D eigenvalue weighted by atomic mass is 32.2. The van der Waals surface area contributed by atoms with Crippen LogP contribution in [0.5, 0.6) is 0 Å². The summed E-state index contributed by atoms with van der Waals surface area (Å²) in [6.45, 7) is 3.38. The summed E-state index contributed by atoms with van der Waals surface area (Å²) in [6, 6.07) is 7.07. The summed E-state index contributed by atoms with van der Waals surface area (Å²) in [5.41, 5.74) is 0.247. The molecule has 2 aliphatic rings. The van der Waals surface area contributed by atoms with Crippen molar-refractivity contribution in [3.63, 3.8) is 0 Å². The first kappa shape index (κ1) is 22.4. The summed E-state index contributed by atoms with van der Waals surface area (Å²) in [5.74, 6) is 1.21. The predicted octanol–water partition coefficient (Wildman–Crippen LogP) is 4.70. The molecule has 0 N–H and O–H groups in total. The first-order valence-corrected chi connectivity index (χ1v) is 13.2. The van der Waals surface area contributed by atoms with Crippen LogP contribution in [0, 0.1) is 11.8 Å². The first-order valence-electron chi connectivity index (χ1n) is 10.4. The number of aromatic nitrogens is 1. The van der Waals surface area contributed by atoms with Crippen LogP contribution in [0.2, 0.25) is 0 Å². The molecule has 2 fully saturated rings. The smallest absolute Gasteiger partial charge is 0.372 e. The topological polar surface area (TPSA) is 53.5 Å². The van der Waals surface area contributed by atoms with Crippen molar-refractivity contribution in [1.82, 2.24) is 4.98 Å². The summed E-state index contributed by atoms with van der Waals surface area (Å²) in [7, 11) is -3.19. The molecule has 5 nitrogen and oxygen atoms in total. The molecule has 1 aromatic carbocycles. The van der Waals surface area contributed by atoms with E-state index in [1.807, 2.05) is 17.0 Å². The Bertz CT molecular complexity index is 990. The molecule has 170 valence electrons. The van der Waals surface area contributed by atoms with Crippen LogP contribution in [0.3, 0.4) is 0 Å². The van der Waals surface area contributed by atoms with E-state index in [-0.39, 0.29) is 0 Å². The number of nitrogens with zero attached hydrogens (tertiary/aromatic N) is 3. The fraction of sp³-hybridized carbons (Fsp3) is 0.571. The van der Waals surface area contributed by atoms with Gasteiger partial charge in [0.05, 0.1) is 4.90 Å². The summed E-state index contributed by atoms with van der Waals surface area (Å²) < 4.78 is 61.6. The first-order chi connectivity index (χ1) is 14.6. The second kappa shape index (κ2) is 8.61. The van der Waals surface area contributed by atoms with Gasteiger partial charge in [-0.1, -0.05) is 0 Å². The second-order valence-corrected chi connectivity index (χ2v) is 11.3. The number of hydrogen-bond acceptors (Lipinski definition) is 6. The monoisotopic (exact) mass is 473 g/mol. The lowest BCUT2D eigenvalue weighted by molar-refractivity contribution is -0.140. The van der Waals surface area contributed by atoms with Gasteiger partial charge in [-0.25, -0.2) is 13.4 Å². The minimum absolute atomic E-state index is 0.334. The maximum absolute atomic E-state index is 12.8. The zero-order chi connectivity index (χ0) is 22.2. The van der Waals surface area contributed by atoms with Crippen molar-refractivity contribution >= 4 is 32.0 Å². The molecule has 0 unspecified atom stereocenters. The van der Waals surface area contributed by atoms with E-state index in [0.717, 1.165) is 74.3 Å². The number of rotatable bonds is 4. The van der Waals surface area contributed by atoms with E-state index < -0.39 is 21.7 Å². The summed E-state index contributed by atoms with van der Waals surface area (Å²) in [6.07, 6.45) is 0.944. The minimum atomic E-state index is -4.38. The van der Waals surface area contributed by atoms with E-state index >= 15 is 0 Å². The second-order valence-electron chi connectivity index (χ2n) is 8.43. The van der Waals surface area contributed by atoms with Gasteiger partial charge in [0.25, 0.3) is 0 Å². The van der Waals surface area contributed by atoms with E-state index in [1.54, 1.807) is 12.1 Å². The number of anilines is 2. The molecule has 0 spiro atoms. The number of thiazole rings is 1. The molecule has 2 aliphatic heterocycles. The quantitative estimate of drug-likeness (QED) is 0.645. The van der Waals surface area contributed by atoms with E-state index in [1.165, 1.54) is 6.26 Å². The molecule has 2 saturated heterocycles. The third-order valence-electron chi connectivity index (χ3n) is 6.43. The molecule has 0 amide bonds. The van der Waals surface area contributed by atoms with Crippen LogP contribution in [-0.4, -0.2) is 45.8 Å². The number of halogens is 3. The lowest BCUT2D eigenvalue weighted by Crippen LogP contribution is -2.41. The number of sulfone groups is 1. The molecule has 0 bridgehead atoms. The van der Waals surface area contributed by atoms with Crippen LogP contribution < -0.4 is 9.80 Å². The van der Waals surface area contributed by atoms with Crippen molar-refractivity contribution < 1.29 is 21.6 Å². The van der Waals surface area contributed by atoms with Gasteiger partial charge in [-0.3, -0.25) is 0 Å². The van der Waals surface area contributed by atoms with Crippen LogP contribution >= 0.6 is 11.3 Å². The Labute approximate surface area is 184 Å². The number of alkyl halides is 3. The Morgan fingerprint density at radius 2 is 1.45 bits per heavy atom. The predicted molar refractivity (Wildman–Crippen MR) is 117 cm³/mol. The van der Waals surface area contributed by atoms with Gasteiger partial charge < -0.3 is 9.80 Å². The van der Waals surface area contributed by atoms with Crippen molar-refractivity contribution in [3.05, 3.63) is 35.3 Å². The molecule has 1 aromatic heterocycles. The lowest BCUT2D eigenvalue weighted by Gasteiger charge is -2.40. The van der Waals surface area contributed by atoms with Gasteiger partial charge in [-0.2, -0.15) is 13.2 Å². The van der Waals surface area contributed by atoms with Crippen molar-refractivity contribution in [2.75, 3.05) is 42.2 Å². The number of hydrogen-bond donors (Lipinski definition) is 0. The summed E-state index contributed by atoms with van der Waals surface area (Å²) in [4.78, 5) is 8.39. The zero-order valence-electron chi connectivity index (χ0n) is 17.3. The lowest BCUT2D eigenvalue weighted by atomic mass is 9.79. The van der Waals surface area contributed by atoms with Crippen LogP contribution in [0.4, 0.5) is 24.0 Å². The van der Waals surface area contributed by atoms with E-state index in [0.29, 0.717) is 21.9 Å². The van der Waals surface area contributed by atoms with Gasteiger partial charge in [0.1, 0.15) is 0 Å². The van der Waals surface area contributed by atoms with Crippen molar-refractivity contribution in [1.29, 1.82) is 0 Å². The van der Waals surface area contributed by atoms with Crippen LogP contribution in [-0.2, 0) is 16.0 Å². The van der Waals surface area contributed by atoms with Crippen LogP contribution in [0.1, 0.15) is 31.4 Å². The summed E-state index contributed by atoms with van der Waals surface area (Å²) >= 11 is 1.07. The molecule has 3 heterocycles. The maximum Gasteiger partial charge on any atom is 0.434 e. The molecule has 0 atom stereocenters. The third-order valence-corrected chi connectivity index (χ3v) is 8.46. The van der Waals surface area contributed by atoms with E-state index in [9.17, 15) is 21.6 Å². The highest BCUT2D eigenvalue weighted by Crippen LogP contribution is 2.37. The van der Waals surface area contributed by atoms with Gasteiger partial charge in [0.15, 0.2) is 20.7 Å². The number of benzene rings is 1. The molecular formula is C21H26F3N3O2S2. The molecule has 10 heteroatoms. The molecule has 2 aromatic rings. The number of piperidine rings is 2. The molecule has 0 saturated carbocycles. The summed E-state index contributed by atoms with van der Waals surface area (Å²) in [5, 5.41) is 1.57. The average Bonchev–Trinajstić information content (AvgIpc) is 3.25. The zero-order valence-corrected chi connectivity index (χ0v) is 18.9. The van der Waals surface area contributed by atoms with Gasteiger partial charge in [-0.15, -0.1) is 11.3 Å². The SMILES string of the molecule is CS(=O)(=O)c1ccc(N2CCC(C3CCN(c4nc(C(F)(F)F)cs4)CC3)CC2)cc1. The van der Waals surface area contributed by atoms with E-state index in [4.69, 9.17) is 0 Å². The van der Waals surface area contributed by atoms with Gasteiger partial charge in [-0.05, 0) is 61.8 Å². The third kappa shape index (κ3) is 5.16. The van der Waals surface area contributed by atoms with E-state index in [2.05, 4.69) is 9.88 Å². The molecular weight excluding hydrogens is 447 g/mol. The van der Waals surface area contributed by atoms with Crippen molar-refractivity contribution in [3.8, 4) is 0 Å². The van der Waals surface area contributed by atoms with Gasteiger partial charge in [0, 0.05) is 43.5 Å². The van der Waals surface area contributed by atoms with Crippen LogP contribution in [0.15, 0.2) is 34.5 Å². The Kier molecular flexibility index (Phi) is 6.22. The largest absolute Gasteiger partial charge is 0.434 e. The maximum atomic E-state index is 12.8. The van der Waals surface area contributed by atoms with Crippen molar-refractivity contribution in [2.45, 2.75) is 36.8 Å². The molecule has 31 heavy (non-hydrogen) atoms. The Hall–Kier alpha value is -1.81. The van der Waals surface area contributed by atoms with Crippen LogP contribution in [0.25, 0.3) is 0 Å². The van der Waals surface area contributed by atoms with Gasteiger partial charge in [0.2, 0.25) is 0 Å². The highest BCUT2D eigenvalue weighted by Gasteiger charge is 2.35. The van der Waals surface area contributed by atoms with Crippen molar-refractivity contribution in [2.24, 2.45) is 11.8 Å². The molecule has 4 rings (SSSR count). The standard InChI is InChI=1S/C21H26F3N3O2S2/c1-31(28,29)18-4-2-17(3-5-18)26-10-6-15(7-11-26)16-8-12-27(13-9-16)20-25-19(14-30-20)21(22,23)24/h2-5,14-16H,6-13H2,1H3. The molecule has 0 radical (unpaired) electrons. The minimum Gasteiger partial charge on any atom is -0.372 e. The Morgan fingerprint density at radius 1 is 0.935 bits per heavy atom. The average molecular weight is 474 g/mol. The van der Waals surface area contributed by atoms with Gasteiger partial charge >= 0.3 is 6.18 Å². The molecule has 0 aliphatic carbocycles. The Balaban J connectivity index is 1.28.